The fourth-order valence-corrected chi connectivity index (χ4v) is 4.24. The third-order valence-electron chi connectivity index (χ3n) is 7.59. The molecule has 0 unspecified atom stereocenters. The maximum atomic E-state index is 12.7. The fourth-order valence-electron chi connectivity index (χ4n) is 4.24. The van der Waals surface area contributed by atoms with Crippen LogP contribution in [0.1, 0.15) is 68.7 Å². The number of aliphatic hydroxyl groups is 5. The molecule has 1 saturated carbocycles. The van der Waals surface area contributed by atoms with Crippen LogP contribution >= 0.6 is 0 Å². The Bertz CT molecular complexity index is 1080. The first kappa shape index (κ1) is 36.2. The van der Waals surface area contributed by atoms with Crippen LogP contribution in [0.5, 0.6) is 0 Å². The molecule has 0 saturated heterocycles. The minimum absolute atomic E-state index is 0.168. The van der Waals surface area contributed by atoms with Crippen molar-refractivity contribution in [3.8, 4) is 0 Å². The molecule has 0 radical (unpaired) electrons. The zero-order chi connectivity index (χ0) is 32.0. The lowest BCUT2D eigenvalue weighted by Crippen LogP contribution is -2.69. The molecule has 0 aromatic rings. The number of ether oxygens (including phenoxy) is 3. The van der Waals surface area contributed by atoms with Crippen LogP contribution in [0, 0.1) is 5.92 Å². The largest absolute Gasteiger partial charge is 0.456 e. The van der Waals surface area contributed by atoms with Crippen molar-refractivity contribution in [1.29, 1.82) is 0 Å². The van der Waals surface area contributed by atoms with Gasteiger partial charge in [-0.2, -0.15) is 0 Å². The van der Waals surface area contributed by atoms with Crippen molar-refractivity contribution in [2.45, 2.75) is 117 Å². The van der Waals surface area contributed by atoms with Crippen molar-refractivity contribution in [2.24, 2.45) is 5.92 Å². The van der Waals surface area contributed by atoms with Crippen LogP contribution in [0.2, 0.25) is 0 Å². The lowest BCUT2D eigenvalue weighted by molar-refractivity contribution is -0.255. The van der Waals surface area contributed by atoms with Crippen molar-refractivity contribution < 1.29 is 54.1 Å². The second-order valence-electron chi connectivity index (χ2n) is 11.2. The molecule has 0 aliphatic heterocycles. The van der Waals surface area contributed by atoms with Crippen LogP contribution in [-0.2, 0) is 28.6 Å². The van der Waals surface area contributed by atoms with E-state index < -0.39 is 78.1 Å². The van der Waals surface area contributed by atoms with Gasteiger partial charge in [0.05, 0.1) is 17.6 Å². The standard InChI is InChI=1S/C30H46O11/c1-11-15(4)26(34)39-20(29(8,9)37)14-19(31)18(7)21-22(32)25(41-28(36)17(6)13-3)30(10,38)24(33)23(21)40-27(35)16(5)12-2/h11-13,19-25,31-33,37-38H,7,14H2,1-6,8-10H3/b15-11-,16-12-,17-13-/t19-,20-,21-,22-,23-,24-,25-,30-/m1/s1. The smallest absolute Gasteiger partial charge is 0.333 e. The number of hydrogen-bond acceptors (Lipinski definition) is 11. The van der Waals surface area contributed by atoms with Gasteiger partial charge in [0.2, 0.25) is 0 Å². The molecule has 1 fully saturated rings. The van der Waals surface area contributed by atoms with Crippen molar-refractivity contribution in [2.75, 3.05) is 0 Å². The molecule has 5 N–H and O–H groups in total. The number of rotatable bonds is 11. The fraction of sp³-hybridized carbons (Fsp3) is 0.633. The molecule has 0 heterocycles. The molecule has 0 bridgehead atoms. The third kappa shape index (κ3) is 8.59. The summed E-state index contributed by atoms with van der Waals surface area (Å²) in [7, 11) is 0. The van der Waals surface area contributed by atoms with Gasteiger partial charge in [0.25, 0.3) is 0 Å². The number of carbonyl (C=O) groups excluding carboxylic acids is 3. The topological polar surface area (TPSA) is 180 Å². The lowest BCUT2D eigenvalue weighted by Gasteiger charge is -2.51. The molecule has 0 amide bonds. The van der Waals surface area contributed by atoms with Gasteiger partial charge in [-0.1, -0.05) is 24.8 Å². The summed E-state index contributed by atoms with van der Waals surface area (Å²) in [6.07, 6.45) is -5.88. The number of esters is 3. The zero-order valence-electron chi connectivity index (χ0n) is 25.4. The first-order chi connectivity index (χ1) is 18.8. The molecule has 0 aromatic carbocycles. The van der Waals surface area contributed by atoms with Crippen LogP contribution in [-0.4, -0.2) is 91.3 Å². The Labute approximate surface area is 241 Å². The van der Waals surface area contributed by atoms with Gasteiger partial charge >= 0.3 is 17.9 Å². The Hall–Kier alpha value is -2.83. The van der Waals surface area contributed by atoms with E-state index in [0.717, 1.165) is 6.92 Å². The second kappa shape index (κ2) is 14.4. The summed E-state index contributed by atoms with van der Waals surface area (Å²) in [6.45, 7) is 17.0. The summed E-state index contributed by atoms with van der Waals surface area (Å²) in [5, 5.41) is 55.7. The molecule has 0 aromatic heterocycles. The minimum Gasteiger partial charge on any atom is -0.456 e. The van der Waals surface area contributed by atoms with E-state index >= 15 is 0 Å². The maximum absolute atomic E-state index is 12.7. The van der Waals surface area contributed by atoms with Gasteiger partial charge in [-0.25, -0.2) is 14.4 Å². The maximum Gasteiger partial charge on any atom is 0.333 e. The van der Waals surface area contributed by atoms with E-state index in [2.05, 4.69) is 6.58 Å². The zero-order valence-corrected chi connectivity index (χ0v) is 25.4. The first-order valence-electron chi connectivity index (χ1n) is 13.4. The van der Waals surface area contributed by atoms with E-state index in [0.29, 0.717) is 0 Å². The minimum atomic E-state index is -2.30. The predicted octanol–water partition coefficient (Wildman–Crippen LogP) is 1.80. The van der Waals surface area contributed by atoms with Crippen molar-refractivity contribution >= 4 is 17.9 Å². The molecular formula is C30H46O11. The quantitative estimate of drug-likeness (QED) is 0.104. The highest BCUT2D eigenvalue weighted by molar-refractivity contribution is 5.88. The van der Waals surface area contributed by atoms with Crippen molar-refractivity contribution in [1.82, 2.24) is 0 Å². The molecule has 1 aliphatic carbocycles. The number of allylic oxidation sites excluding steroid dienone is 3. The van der Waals surface area contributed by atoms with Crippen LogP contribution in [0.15, 0.2) is 47.1 Å². The van der Waals surface area contributed by atoms with Gasteiger partial charge in [0.1, 0.15) is 30.0 Å². The molecular weight excluding hydrogens is 536 g/mol. The van der Waals surface area contributed by atoms with Gasteiger partial charge < -0.3 is 39.7 Å². The highest BCUT2D eigenvalue weighted by Gasteiger charge is 2.60. The Kier molecular flexibility index (Phi) is 12.7. The van der Waals surface area contributed by atoms with E-state index in [9.17, 15) is 39.9 Å². The normalized spacial score (nSPS) is 29.3. The Morgan fingerprint density at radius 3 is 1.80 bits per heavy atom. The third-order valence-corrected chi connectivity index (χ3v) is 7.59. The summed E-state index contributed by atoms with van der Waals surface area (Å²) in [5.74, 6) is -3.92. The number of carbonyl (C=O) groups is 3. The van der Waals surface area contributed by atoms with Gasteiger partial charge in [-0.15, -0.1) is 0 Å². The van der Waals surface area contributed by atoms with E-state index in [-0.39, 0.29) is 22.3 Å². The summed E-state index contributed by atoms with van der Waals surface area (Å²) < 4.78 is 16.3. The van der Waals surface area contributed by atoms with Gasteiger partial charge in [-0.3, -0.25) is 0 Å². The summed E-state index contributed by atoms with van der Waals surface area (Å²) >= 11 is 0. The average molecular weight is 583 g/mol. The summed E-state index contributed by atoms with van der Waals surface area (Å²) in [4.78, 5) is 37.7. The molecule has 232 valence electrons. The van der Waals surface area contributed by atoms with E-state index in [1.807, 2.05) is 0 Å². The average Bonchev–Trinajstić information content (AvgIpc) is 2.90. The summed E-state index contributed by atoms with van der Waals surface area (Å²) in [6, 6.07) is 0. The van der Waals surface area contributed by atoms with Gasteiger partial charge in [0, 0.05) is 23.1 Å². The van der Waals surface area contributed by atoms with E-state index in [1.165, 1.54) is 52.8 Å². The molecule has 11 heteroatoms. The molecule has 0 spiro atoms. The van der Waals surface area contributed by atoms with Crippen LogP contribution in [0.3, 0.4) is 0 Å². The highest BCUT2D eigenvalue weighted by atomic mass is 16.6. The molecule has 1 aliphatic rings. The Morgan fingerprint density at radius 1 is 0.927 bits per heavy atom. The molecule has 1 rings (SSSR count). The molecule has 11 nitrogen and oxygen atoms in total. The van der Waals surface area contributed by atoms with Crippen molar-refractivity contribution in [3.63, 3.8) is 0 Å². The number of hydrogen-bond donors (Lipinski definition) is 5. The molecule has 8 atom stereocenters. The highest BCUT2D eigenvalue weighted by Crippen LogP contribution is 2.42. The predicted molar refractivity (Wildman–Crippen MR) is 150 cm³/mol. The molecule has 41 heavy (non-hydrogen) atoms. The number of aliphatic hydroxyl groups excluding tert-OH is 3. The van der Waals surface area contributed by atoms with E-state index in [1.54, 1.807) is 20.8 Å². The monoisotopic (exact) mass is 582 g/mol. The van der Waals surface area contributed by atoms with Crippen LogP contribution in [0.4, 0.5) is 0 Å². The lowest BCUT2D eigenvalue weighted by atomic mass is 9.67. The van der Waals surface area contributed by atoms with Gasteiger partial charge in [0.15, 0.2) is 6.10 Å². The van der Waals surface area contributed by atoms with Crippen LogP contribution in [0.25, 0.3) is 0 Å². The van der Waals surface area contributed by atoms with Crippen molar-refractivity contribution in [3.05, 3.63) is 47.1 Å². The second-order valence-corrected chi connectivity index (χ2v) is 11.2. The Morgan fingerprint density at radius 2 is 1.37 bits per heavy atom. The van der Waals surface area contributed by atoms with Gasteiger partial charge in [-0.05, 0) is 67.9 Å². The van der Waals surface area contributed by atoms with Crippen LogP contribution < -0.4 is 0 Å². The first-order valence-corrected chi connectivity index (χ1v) is 13.4. The van der Waals surface area contributed by atoms with E-state index in [4.69, 9.17) is 14.2 Å². The SMILES string of the molecule is C=C([C@@H]1[C@@H](O)[C@@H](OC(=O)/C(C)=C\C)[C@](C)(O)[C@H](O)[C@@H]1OC(=O)/C(C)=C\C)[C@H](O)C[C@@H](OC(=O)/C(C)=C\C)C(C)(C)O. The summed E-state index contributed by atoms with van der Waals surface area (Å²) in [5.41, 5.74) is -3.48. The Balaban J connectivity index is 3.56.